The molecule has 2 aromatic rings. The topological polar surface area (TPSA) is 24.9 Å². The number of thiazole rings is 1. The van der Waals surface area contributed by atoms with Gasteiger partial charge in [-0.2, -0.15) is 0 Å². The number of halogens is 1. The Bertz CT molecular complexity index is 580. The minimum absolute atomic E-state index is 0.262. The molecule has 1 aromatic heterocycles. The molecule has 0 fully saturated rings. The summed E-state index contributed by atoms with van der Waals surface area (Å²) in [6.45, 7) is 8.55. The molecule has 2 unspecified atom stereocenters. The van der Waals surface area contributed by atoms with E-state index in [4.69, 9.17) is 11.6 Å². The SMILES string of the molecule is Cc1nc(C(C)NC(C)Cc2ccccc2Cl)c(C)s1. The highest BCUT2D eigenvalue weighted by molar-refractivity contribution is 7.11. The lowest BCUT2D eigenvalue weighted by molar-refractivity contribution is 0.470. The maximum Gasteiger partial charge on any atom is 0.0900 e. The van der Waals surface area contributed by atoms with Gasteiger partial charge in [-0.15, -0.1) is 11.3 Å². The van der Waals surface area contributed by atoms with Gasteiger partial charge in [0.1, 0.15) is 0 Å². The molecule has 0 radical (unpaired) electrons. The third-order valence-electron chi connectivity index (χ3n) is 3.37. The molecule has 4 heteroatoms. The van der Waals surface area contributed by atoms with E-state index < -0.39 is 0 Å². The zero-order valence-corrected chi connectivity index (χ0v) is 14.0. The second kappa shape index (κ2) is 6.70. The molecule has 0 amide bonds. The number of benzene rings is 1. The van der Waals surface area contributed by atoms with Crippen molar-refractivity contribution in [1.29, 1.82) is 0 Å². The molecule has 0 aliphatic rings. The first-order chi connectivity index (χ1) is 9.47. The minimum Gasteiger partial charge on any atom is -0.306 e. The summed E-state index contributed by atoms with van der Waals surface area (Å²) in [6, 6.07) is 8.65. The van der Waals surface area contributed by atoms with Crippen molar-refractivity contribution >= 4 is 22.9 Å². The van der Waals surface area contributed by atoms with Crippen LogP contribution in [-0.2, 0) is 6.42 Å². The van der Waals surface area contributed by atoms with Crippen LogP contribution >= 0.6 is 22.9 Å². The van der Waals surface area contributed by atoms with E-state index in [1.165, 1.54) is 16.1 Å². The van der Waals surface area contributed by atoms with Crippen molar-refractivity contribution < 1.29 is 0 Å². The van der Waals surface area contributed by atoms with Crippen LogP contribution in [0.2, 0.25) is 5.02 Å². The van der Waals surface area contributed by atoms with Gasteiger partial charge >= 0.3 is 0 Å². The Labute approximate surface area is 130 Å². The Morgan fingerprint density at radius 1 is 1.25 bits per heavy atom. The molecule has 2 nitrogen and oxygen atoms in total. The van der Waals surface area contributed by atoms with Crippen LogP contribution in [0.4, 0.5) is 0 Å². The van der Waals surface area contributed by atoms with E-state index in [1.807, 2.05) is 18.2 Å². The smallest absolute Gasteiger partial charge is 0.0900 e. The summed E-state index contributed by atoms with van der Waals surface area (Å²) >= 11 is 7.97. The summed E-state index contributed by atoms with van der Waals surface area (Å²) < 4.78 is 0. The number of hydrogen-bond donors (Lipinski definition) is 1. The van der Waals surface area contributed by atoms with Crippen LogP contribution in [0.15, 0.2) is 24.3 Å². The second-order valence-corrected chi connectivity index (χ2v) is 7.07. The molecule has 0 spiro atoms. The summed E-state index contributed by atoms with van der Waals surface area (Å²) in [5, 5.41) is 5.58. The third kappa shape index (κ3) is 3.81. The van der Waals surface area contributed by atoms with Crippen molar-refractivity contribution in [3.63, 3.8) is 0 Å². The van der Waals surface area contributed by atoms with Crippen LogP contribution < -0.4 is 5.32 Å². The number of rotatable bonds is 5. The quantitative estimate of drug-likeness (QED) is 0.866. The molecule has 2 atom stereocenters. The zero-order valence-electron chi connectivity index (χ0n) is 12.4. The molecule has 0 aliphatic heterocycles. The van der Waals surface area contributed by atoms with Crippen LogP contribution in [0.3, 0.4) is 0 Å². The Balaban J connectivity index is 1.99. The lowest BCUT2D eigenvalue weighted by Crippen LogP contribution is -2.31. The summed E-state index contributed by atoms with van der Waals surface area (Å²) in [5.41, 5.74) is 2.35. The van der Waals surface area contributed by atoms with E-state index in [2.05, 4.69) is 44.1 Å². The van der Waals surface area contributed by atoms with Gasteiger partial charge in [-0.1, -0.05) is 29.8 Å². The van der Waals surface area contributed by atoms with Gasteiger partial charge in [0.05, 0.1) is 10.7 Å². The summed E-state index contributed by atoms with van der Waals surface area (Å²) in [4.78, 5) is 5.92. The van der Waals surface area contributed by atoms with Crippen molar-refractivity contribution in [1.82, 2.24) is 10.3 Å². The monoisotopic (exact) mass is 308 g/mol. The van der Waals surface area contributed by atoms with Gasteiger partial charge in [0.25, 0.3) is 0 Å². The maximum atomic E-state index is 6.21. The van der Waals surface area contributed by atoms with Crippen molar-refractivity contribution in [2.24, 2.45) is 0 Å². The molecule has 0 saturated carbocycles. The third-order valence-corrected chi connectivity index (χ3v) is 4.64. The molecule has 0 bridgehead atoms. The van der Waals surface area contributed by atoms with E-state index in [0.29, 0.717) is 6.04 Å². The molecule has 1 aromatic carbocycles. The molecule has 1 heterocycles. The molecular formula is C16H21ClN2S. The molecular weight excluding hydrogens is 288 g/mol. The van der Waals surface area contributed by atoms with Gasteiger partial charge < -0.3 is 5.32 Å². The second-order valence-electron chi connectivity index (χ2n) is 5.26. The molecule has 2 rings (SSSR count). The maximum absolute atomic E-state index is 6.21. The van der Waals surface area contributed by atoms with Gasteiger partial charge in [-0.05, 0) is 45.7 Å². The van der Waals surface area contributed by atoms with E-state index in [9.17, 15) is 0 Å². The van der Waals surface area contributed by atoms with Gasteiger partial charge in [-0.3, -0.25) is 0 Å². The molecule has 20 heavy (non-hydrogen) atoms. The van der Waals surface area contributed by atoms with Crippen molar-refractivity contribution in [2.45, 2.75) is 46.2 Å². The van der Waals surface area contributed by atoms with Gasteiger partial charge in [0.2, 0.25) is 0 Å². The van der Waals surface area contributed by atoms with Crippen molar-refractivity contribution in [3.05, 3.63) is 50.4 Å². The molecule has 0 saturated heterocycles. The summed E-state index contributed by atoms with van der Waals surface area (Å²) in [6.07, 6.45) is 0.923. The normalized spacial score (nSPS) is 14.2. The molecule has 1 N–H and O–H groups in total. The van der Waals surface area contributed by atoms with Crippen LogP contribution in [0.5, 0.6) is 0 Å². The fourth-order valence-electron chi connectivity index (χ4n) is 2.51. The average Bonchev–Trinajstić information content (AvgIpc) is 2.71. The van der Waals surface area contributed by atoms with E-state index >= 15 is 0 Å². The Morgan fingerprint density at radius 2 is 1.95 bits per heavy atom. The lowest BCUT2D eigenvalue weighted by Gasteiger charge is -2.20. The Hall–Kier alpha value is -0.900. The predicted octanol–water partition coefficient (Wildman–Crippen LogP) is 4.70. The standard InChI is InChI=1S/C16H21ClN2S/c1-10(9-14-7-5-6-8-15(14)17)18-11(2)16-12(3)20-13(4)19-16/h5-8,10-11,18H,9H2,1-4H3. The van der Waals surface area contributed by atoms with Crippen LogP contribution in [-0.4, -0.2) is 11.0 Å². The van der Waals surface area contributed by atoms with Crippen LogP contribution in [0.1, 0.15) is 41.0 Å². The number of hydrogen-bond acceptors (Lipinski definition) is 3. The highest BCUT2D eigenvalue weighted by Gasteiger charge is 2.16. The van der Waals surface area contributed by atoms with Crippen molar-refractivity contribution in [3.8, 4) is 0 Å². The predicted molar refractivity (Wildman–Crippen MR) is 87.8 cm³/mol. The highest BCUT2D eigenvalue weighted by atomic mass is 35.5. The minimum atomic E-state index is 0.262. The molecule has 0 aliphatic carbocycles. The zero-order chi connectivity index (χ0) is 14.7. The van der Waals surface area contributed by atoms with Gasteiger partial charge in [0, 0.05) is 22.0 Å². The summed E-state index contributed by atoms with van der Waals surface area (Å²) in [5.74, 6) is 0. The first kappa shape index (κ1) is 15.5. The van der Waals surface area contributed by atoms with E-state index in [-0.39, 0.29) is 6.04 Å². The van der Waals surface area contributed by atoms with Crippen molar-refractivity contribution in [2.75, 3.05) is 0 Å². The fraction of sp³-hybridized carbons (Fsp3) is 0.438. The van der Waals surface area contributed by atoms with Crippen LogP contribution in [0.25, 0.3) is 0 Å². The Kier molecular flexibility index (Phi) is 5.19. The molecule has 108 valence electrons. The number of aromatic nitrogens is 1. The average molecular weight is 309 g/mol. The van der Waals surface area contributed by atoms with E-state index in [0.717, 1.165) is 16.5 Å². The number of aryl methyl sites for hydroxylation is 2. The first-order valence-corrected chi connectivity index (χ1v) is 8.10. The van der Waals surface area contributed by atoms with Gasteiger partial charge in [0.15, 0.2) is 0 Å². The lowest BCUT2D eigenvalue weighted by atomic mass is 10.1. The fourth-order valence-corrected chi connectivity index (χ4v) is 3.63. The Morgan fingerprint density at radius 3 is 2.55 bits per heavy atom. The highest BCUT2D eigenvalue weighted by Crippen LogP contribution is 2.23. The summed E-state index contributed by atoms with van der Waals surface area (Å²) in [7, 11) is 0. The first-order valence-electron chi connectivity index (χ1n) is 6.90. The van der Waals surface area contributed by atoms with Crippen LogP contribution in [0, 0.1) is 13.8 Å². The largest absolute Gasteiger partial charge is 0.306 e. The van der Waals surface area contributed by atoms with Gasteiger partial charge in [-0.25, -0.2) is 4.98 Å². The van der Waals surface area contributed by atoms with E-state index in [1.54, 1.807) is 11.3 Å². The number of nitrogens with one attached hydrogen (secondary N) is 1. The number of nitrogens with zero attached hydrogens (tertiary/aromatic N) is 1.